The molecule has 1 aliphatic carbocycles. The van der Waals surface area contributed by atoms with Gasteiger partial charge in [-0.3, -0.25) is 9.59 Å². The minimum absolute atomic E-state index is 0.0986. The maximum Gasteiger partial charge on any atom is 0.225 e. The summed E-state index contributed by atoms with van der Waals surface area (Å²) in [7, 11) is 0. The van der Waals surface area contributed by atoms with Crippen LogP contribution in [0.2, 0.25) is 0 Å². The van der Waals surface area contributed by atoms with Crippen molar-refractivity contribution in [2.24, 2.45) is 17.8 Å². The van der Waals surface area contributed by atoms with Gasteiger partial charge in [-0.2, -0.15) is 0 Å². The molecule has 0 unspecified atom stereocenters. The normalized spacial score (nSPS) is 33.8. The molecule has 0 spiro atoms. The van der Waals surface area contributed by atoms with Crippen molar-refractivity contribution in [1.82, 2.24) is 4.90 Å². The van der Waals surface area contributed by atoms with Crippen molar-refractivity contribution in [3.8, 4) is 0 Å². The van der Waals surface area contributed by atoms with Crippen LogP contribution < -0.4 is 0 Å². The highest BCUT2D eigenvalue weighted by atomic mass is 16.2. The first-order valence-electron chi connectivity index (χ1n) is 6.87. The molecule has 1 saturated heterocycles. The van der Waals surface area contributed by atoms with E-state index in [1.165, 1.54) is 12.8 Å². The topological polar surface area (TPSA) is 37.4 Å². The maximum atomic E-state index is 12.3. The highest BCUT2D eigenvalue weighted by molar-refractivity contribution is 5.83. The smallest absolute Gasteiger partial charge is 0.225 e. The summed E-state index contributed by atoms with van der Waals surface area (Å²) in [5.41, 5.74) is 0. The van der Waals surface area contributed by atoms with Gasteiger partial charge in [0.1, 0.15) is 5.78 Å². The molecule has 0 aromatic carbocycles. The molecule has 0 bridgehead atoms. The molecule has 0 radical (unpaired) electrons. The Kier molecular flexibility index (Phi) is 3.85. The van der Waals surface area contributed by atoms with Gasteiger partial charge in [-0.05, 0) is 44.9 Å². The first kappa shape index (κ1) is 12.6. The fraction of sp³-hybridized carbons (Fsp3) is 0.857. The SMILES string of the molecule is CC(=O)[C@@H]1CCN(C(=O)[C@H]2CC[C@H](C)CC2)C1. The van der Waals surface area contributed by atoms with E-state index in [2.05, 4.69) is 6.92 Å². The average Bonchev–Trinajstić information content (AvgIpc) is 2.78. The number of rotatable bonds is 2. The third-order valence-corrected chi connectivity index (χ3v) is 4.44. The lowest BCUT2D eigenvalue weighted by molar-refractivity contribution is -0.136. The Morgan fingerprint density at radius 2 is 1.65 bits per heavy atom. The van der Waals surface area contributed by atoms with E-state index in [9.17, 15) is 9.59 Å². The highest BCUT2D eigenvalue weighted by Crippen LogP contribution is 2.31. The van der Waals surface area contributed by atoms with E-state index in [-0.39, 0.29) is 17.6 Å². The highest BCUT2D eigenvalue weighted by Gasteiger charge is 2.33. The van der Waals surface area contributed by atoms with Crippen molar-refractivity contribution in [2.75, 3.05) is 13.1 Å². The van der Waals surface area contributed by atoms with Gasteiger partial charge >= 0.3 is 0 Å². The van der Waals surface area contributed by atoms with Crippen LogP contribution in [0.25, 0.3) is 0 Å². The summed E-state index contributed by atoms with van der Waals surface area (Å²) < 4.78 is 0. The van der Waals surface area contributed by atoms with Crippen molar-refractivity contribution in [2.45, 2.75) is 46.0 Å². The number of hydrogen-bond acceptors (Lipinski definition) is 2. The third kappa shape index (κ3) is 2.88. The molecule has 1 aliphatic heterocycles. The zero-order chi connectivity index (χ0) is 12.4. The molecule has 3 heteroatoms. The van der Waals surface area contributed by atoms with Gasteiger partial charge in [0.15, 0.2) is 0 Å². The molecule has 2 aliphatic rings. The number of hydrogen-bond donors (Lipinski definition) is 0. The molecular formula is C14H23NO2. The molecule has 3 nitrogen and oxygen atoms in total. The molecule has 2 fully saturated rings. The van der Waals surface area contributed by atoms with Crippen LogP contribution in [0.4, 0.5) is 0 Å². The number of Topliss-reactive ketones (excluding diaryl/α,β-unsaturated/α-hetero) is 1. The second kappa shape index (κ2) is 5.19. The second-order valence-corrected chi connectivity index (χ2v) is 5.84. The molecule has 96 valence electrons. The summed E-state index contributed by atoms with van der Waals surface area (Å²) in [5, 5.41) is 0. The largest absolute Gasteiger partial charge is 0.342 e. The molecule has 1 amide bonds. The Labute approximate surface area is 104 Å². The average molecular weight is 237 g/mol. The lowest BCUT2D eigenvalue weighted by Gasteiger charge is -2.28. The fourth-order valence-electron chi connectivity index (χ4n) is 3.06. The predicted octanol–water partition coefficient (Wildman–Crippen LogP) is 2.25. The number of likely N-dealkylation sites (tertiary alicyclic amines) is 1. The van der Waals surface area contributed by atoms with Gasteiger partial charge in [0.25, 0.3) is 0 Å². The summed E-state index contributed by atoms with van der Waals surface area (Å²) in [6, 6.07) is 0. The van der Waals surface area contributed by atoms with Crippen molar-refractivity contribution >= 4 is 11.7 Å². The minimum atomic E-state index is 0.0986. The minimum Gasteiger partial charge on any atom is -0.342 e. The van der Waals surface area contributed by atoms with Gasteiger partial charge in [0.05, 0.1) is 0 Å². The van der Waals surface area contributed by atoms with Gasteiger partial charge in [0.2, 0.25) is 5.91 Å². The lowest BCUT2D eigenvalue weighted by atomic mass is 9.82. The van der Waals surface area contributed by atoms with Crippen molar-refractivity contribution < 1.29 is 9.59 Å². The van der Waals surface area contributed by atoms with Crippen molar-refractivity contribution in [3.05, 3.63) is 0 Å². The molecule has 2 rings (SSSR count). The van der Waals surface area contributed by atoms with Crippen LogP contribution in [0.15, 0.2) is 0 Å². The summed E-state index contributed by atoms with van der Waals surface area (Å²) in [6.07, 6.45) is 5.31. The summed E-state index contributed by atoms with van der Waals surface area (Å²) >= 11 is 0. The van der Waals surface area contributed by atoms with Gasteiger partial charge in [0, 0.05) is 24.9 Å². The van der Waals surface area contributed by atoms with Crippen LogP contribution in [0.1, 0.15) is 46.0 Å². The van der Waals surface area contributed by atoms with Gasteiger partial charge < -0.3 is 4.90 Å². The third-order valence-electron chi connectivity index (χ3n) is 4.44. The lowest BCUT2D eigenvalue weighted by Crippen LogP contribution is -2.36. The Balaban J connectivity index is 1.86. The summed E-state index contributed by atoms with van der Waals surface area (Å²) in [6.45, 7) is 5.36. The second-order valence-electron chi connectivity index (χ2n) is 5.84. The monoisotopic (exact) mass is 237 g/mol. The molecule has 1 saturated carbocycles. The number of carbonyl (C=O) groups excluding carboxylic acids is 2. The number of carbonyl (C=O) groups is 2. The van der Waals surface area contributed by atoms with E-state index in [0.29, 0.717) is 12.5 Å². The Morgan fingerprint density at radius 3 is 2.18 bits per heavy atom. The number of amides is 1. The van der Waals surface area contributed by atoms with Crippen molar-refractivity contribution in [1.29, 1.82) is 0 Å². The van der Waals surface area contributed by atoms with E-state index in [4.69, 9.17) is 0 Å². The predicted molar refractivity (Wildman–Crippen MR) is 66.5 cm³/mol. The number of nitrogens with zero attached hydrogens (tertiary/aromatic N) is 1. The van der Waals surface area contributed by atoms with E-state index in [1.807, 2.05) is 4.90 Å². The van der Waals surface area contributed by atoms with Crippen LogP contribution >= 0.6 is 0 Å². The molecule has 0 aromatic heterocycles. The van der Waals surface area contributed by atoms with Crippen LogP contribution in [0.5, 0.6) is 0 Å². The Hall–Kier alpha value is -0.860. The van der Waals surface area contributed by atoms with Crippen LogP contribution in [-0.4, -0.2) is 29.7 Å². The maximum absolute atomic E-state index is 12.3. The van der Waals surface area contributed by atoms with Crippen molar-refractivity contribution in [3.63, 3.8) is 0 Å². The summed E-state index contributed by atoms with van der Waals surface area (Å²) in [4.78, 5) is 25.5. The van der Waals surface area contributed by atoms with Crippen LogP contribution in [0.3, 0.4) is 0 Å². The van der Waals surface area contributed by atoms with Crippen LogP contribution in [0, 0.1) is 17.8 Å². The van der Waals surface area contributed by atoms with Gasteiger partial charge in [-0.1, -0.05) is 6.92 Å². The first-order chi connectivity index (χ1) is 8.08. The quantitative estimate of drug-likeness (QED) is 0.738. The van der Waals surface area contributed by atoms with E-state index >= 15 is 0 Å². The Morgan fingerprint density at radius 1 is 1.00 bits per heavy atom. The first-order valence-corrected chi connectivity index (χ1v) is 6.87. The fourth-order valence-corrected chi connectivity index (χ4v) is 3.06. The molecule has 1 atom stereocenters. The van der Waals surface area contributed by atoms with Gasteiger partial charge in [-0.25, -0.2) is 0 Å². The van der Waals surface area contributed by atoms with Gasteiger partial charge in [-0.15, -0.1) is 0 Å². The Bertz CT molecular complexity index is 305. The zero-order valence-electron chi connectivity index (χ0n) is 10.9. The molecular weight excluding hydrogens is 214 g/mol. The van der Waals surface area contributed by atoms with E-state index in [1.54, 1.807) is 6.92 Å². The molecule has 1 heterocycles. The van der Waals surface area contributed by atoms with E-state index < -0.39 is 0 Å². The standard InChI is InChI=1S/C14H23NO2/c1-10-3-5-12(6-4-10)14(17)15-8-7-13(9-15)11(2)16/h10,12-13H,3-9H2,1-2H3/t10-,12-,13-/m1/s1. The van der Waals surface area contributed by atoms with E-state index in [0.717, 1.165) is 31.7 Å². The molecule has 0 aromatic rings. The molecule has 17 heavy (non-hydrogen) atoms. The summed E-state index contributed by atoms with van der Waals surface area (Å²) in [5.74, 6) is 1.65. The van der Waals surface area contributed by atoms with Crippen LogP contribution in [-0.2, 0) is 9.59 Å². The molecule has 0 N–H and O–H groups in total. The number of ketones is 1. The zero-order valence-corrected chi connectivity index (χ0v) is 10.9.